The molecule has 0 aliphatic carbocycles. The van der Waals surface area contributed by atoms with Gasteiger partial charge in [-0.25, -0.2) is 5.43 Å². The fourth-order valence-corrected chi connectivity index (χ4v) is 3.06. The van der Waals surface area contributed by atoms with Gasteiger partial charge in [0.25, 0.3) is 0 Å². The molecular formula is C13H17Br2N5. The summed E-state index contributed by atoms with van der Waals surface area (Å²) < 4.78 is 3.81. The number of aryl methyl sites for hydroxylation is 1. The Morgan fingerprint density at radius 3 is 2.80 bits per heavy atom. The summed E-state index contributed by atoms with van der Waals surface area (Å²) in [5.41, 5.74) is 11.5. The van der Waals surface area contributed by atoms with E-state index in [-0.39, 0.29) is 6.04 Å². The average molecular weight is 403 g/mol. The van der Waals surface area contributed by atoms with E-state index in [1.165, 1.54) is 0 Å². The van der Waals surface area contributed by atoms with Crippen LogP contribution >= 0.6 is 31.9 Å². The van der Waals surface area contributed by atoms with E-state index in [1.807, 2.05) is 22.9 Å². The van der Waals surface area contributed by atoms with E-state index in [9.17, 15) is 0 Å². The number of anilines is 1. The molecule has 1 aromatic carbocycles. The van der Waals surface area contributed by atoms with Crippen molar-refractivity contribution in [2.24, 2.45) is 5.84 Å². The number of hydrogen-bond acceptors (Lipinski definition) is 4. The Bertz CT molecular complexity index is 596. The molecule has 2 rings (SSSR count). The lowest BCUT2D eigenvalue weighted by Crippen LogP contribution is -2.31. The Balaban J connectivity index is 2.52. The molecule has 0 spiro atoms. The first-order chi connectivity index (χ1) is 9.58. The number of nitrogens with one attached hydrogen (secondary N) is 1. The van der Waals surface area contributed by atoms with Crippen molar-refractivity contribution in [3.05, 3.63) is 44.6 Å². The van der Waals surface area contributed by atoms with Crippen LogP contribution in [0.5, 0.6) is 0 Å². The molecule has 0 saturated carbocycles. The summed E-state index contributed by atoms with van der Waals surface area (Å²) in [7, 11) is 0. The van der Waals surface area contributed by atoms with Gasteiger partial charge in [0, 0.05) is 22.3 Å². The van der Waals surface area contributed by atoms with Gasteiger partial charge in [-0.2, -0.15) is 5.10 Å². The van der Waals surface area contributed by atoms with Gasteiger partial charge in [-0.3, -0.25) is 10.5 Å². The highest BCUT2D eigenvalue weighted by atomic mass is 79.9. The first-order valence-electron chi connectivity index (χ1n) is 6.30. The molecular weight excluding hydrogens is 386 g/mol. The van der Waals surface area contributed by atoms with E-state index < -0.39 is 0 Å². The van der Waals surface area contributed by atoms with Gasteiger partial charge >= 0.3 is 0 Å². The van der Waals surface area contributed by atoms with Crippen LogP contribution in [0.15, 0.2) is 33.3 Å². The minimum absolute atomic E-state index is 0.226. The van der Waals surface area contributed by atoms with E-state index in [1.54, 1.807) is 6.20 Å². The predicted octanol–water partition coefficient (Wildman–Crippen LogP) is 2.95. The number of benzene rings is 1. The molecule has 0 aliphatic rings. The van der Waals surface area contributed by atoms with E-state index in [0.717, 1.165) is 33.2 Å². The van der Waals surface area contributed by atoms with Crippen LogP contribution in [0.25, 0.3) is 0 Å². The fraction of sp³-hybridized carbons (Fsp3) is 0.308. The molecule has 7 heteroatoms. The van der Waals surface area contributed by atoms with Crippen molar-refractivity contribution >= 4 is 37.5 Å². The molecule has 1 heterocycles. The molecule has 5 nitrogen and oxygen atoms in total. The lowest BCUT2D eigenvalue weighted by Gasteiger charge is -2.20. The molecule has 5 N–H and O–H groups in total. The first kappa shape index (κ1) is 15.5. The van der Waals surface area contributed by atoms with E-state index >= 15 is 0 Å². The first-order valence-corrected chi connectivity index (χ1v) is 7.89. The highest BCUT2D eigenvalue weighted by Gasteiger charge is 2.22. The maximum Gasteiger partial charge on any atom is 0.0909 e. The molecule has 108 valence electrons. The largest absolute Gasteiger partial charge is 0.398 e. The minimum atomic E-state index is -0.226. The van der Waals surface area contributed by atoms with Gasteiger partial charge in [0.1, 0.15) is 0 Å². The van der Waals surface area contributed by atoms with E-state index in [2.05, 4.69) is 49.3 Å². The zero-order valence-electron chi connectivity index (χ0n) is 11.1. The van der Waals surface area contributed by atoms with Crippen molar-refractivity contribution in [2.75, 3.05) is 5.73 Å². The third-order valence-electron chi connectivity index (χ3n) is 3.07. The number of rotatable bonds is 5. The topological polar surface area (TPSA) is 81.9 Å². The van der Waals surface area contributed by atoms with Crippen LogP contribution in [-0.4, -0.2) is 9.78 Å². The van der Waals surface area contributed by atoms with Crippen LogP contribution in [0.4, 0.5) is 5.69 Å². The zero-order chi connectivity index (χ0) is 14.7. The molecule has 20 heavy (non-hydrogen) atoms. The molecule has 0 fully saturated rings. The quantitative estimate of drug-likeness (QED) is 0.408. The molecule has 0 amide bonds. The monoisotopic (exact) mass is 401 g/mol. The highest BCUT2D eigenvalue weighted by molar-refractivity contribution is 9.10. The summed E-state index contributed by atoms with van der Waals surface area (Å²) in [6.07, 6.45) is 2.77. The fourth-order valence-electron chi connectivity index (χ4n) is 2.16. The summed E-state index contributed by atoms with van der Waals surface area (Å²) >= 11 is 7.00. The van der Waals surface area contributed by atoms with Gasteiger partial charge in [-0.05, 0) is 40.5 Å². The maximum absolute atomic E-state index is 6.08. The van der Waals surface area contributed by atoms with Crippen LogP contribution in [-0.2, 0) is 6.54 Å². The van der Waals surface area contributed by atoms with Crippen LogP contribution in [0.1, 0.15) is 30.6 Å². The standard InChI is InChI=1S/C13H17Br2N5/c1-2-5-20-13(10(15)7-18-20)12(19-17)9-6-8(14)3-4-11(9)16/h3-4,6-7,12,19H,2,5,16-17H2,1H3. The number of nitrogens with zero attached hydrogens (tertiary/aromatic N) is 2. The summed E-state index contributed by atoms with van der Waals surface area (Å²) in [6, 6.07) is 5.51. The van der Waals surface area contributed by atoms with Crippen molar-refractivity contribution in [1.82, 2.24) is 15.2 Å². The Hall–Kier alpha value is -0.890. The van der Waals surface area contributed by atoms with Gasteiger partial charge in [0.05, 0.1) is 22.4 Å². The second kappa shape index (κ2) is 6.71. The SMILES string of the molecule is CCCn1ncc(Br)c1C(NN)c1cc(Br)ccc1N. The van der Waals surface area contributed by atoms with Gasteiger partial charge < -0.3 is 5.73 Å². The molecule has 0 bridgehead atoms. The second-order valence-electron chi connectivity index (χ2n) is 4.47. The second-order valence-corrected chi connectivity index (χ2v) is 6.24. The zero-order valence-corrected chi connectivity index (χ0v) is 14.3. The number of nitrogen functional groups attached to an aromatic ring is 1. The van der Waals surface area contributed by atoms with Crippen LogP contribution in [0.2, 0.25) is 0 Å². The maximum atomic E-state index is 6.08. The minimum Gasteiger partial charge on any atom is -0.398 e. The van der Waals surface area contributed by atoms with Gasteiger partial charge in [0.2, 0.25) is 0 Å². The molecule has 2 aromatic rings. The average Bonchev–Trinajstić information content (AvgIpc) is 2.77. The number of aromatic nitrogens is 2. The molecule has 0 saturated heterocycles. The summed E-state index contributed by atoms with van der Waals surface area (Å²) in [5, 5.41) is 4.37. The Morgan fingerprint density at radius 2 is 2.15 bits per heavy atom. The summed E-state index contributed by atoms with van der Waals surface area (Å²) in [4.78, 5) is 0. The van der Waals surface area contributed by atoms with Crippen molar-refractivity contribution in [3.8, 4) is 0 Å². The van der Waals surface area contributed by atoms with Gasteiger partial charge in [-0.15, -0.1) is 0 Å². The smallest absolute Gasteiger partial charge is 0.0909 e. The van der Waals surface area contributed by atoms with Crippen LogP contribution in [0, 0.1) is 0 Å². The summed E-state index contributed by atoms with van der Waals surface area (Å²) in [6.45, 7) is 2.94. The number of hydrogen-bond donors (Lipinski definition) is 3. The number of hydrazine groups is 1. The predicted molar refractivity (Wildman–Crippen MR) is 87.9 cm³/mol. The third-order valence-corrected chi connectivity index (χ3v) is 4.17. The molecule has 1 aromatic heterocycles. The Kier molecular flexibility index (Phi) is 5.20. The van der Waals surface area contributed by atoms with Crippen LogP contribution < -0.4 is 17.0 Å². The Labute approximate surface area is 134 Å². The lowest BCUT2D eigenvalue weighted by atomic mass is 10.0. The molecule has 0 radical (unpaired) electrons. The van der Waals surface area contributed by atoms with Gasteiger partial charge in [-0.1, -0.05) is 22.9 Å². The normalized spacial score (nSPS) is 12.6. The van der Waals surface area contributed by atoms with E-state index in [4.69, 9.17) is 11.6 Å². The number of halogens is 2. The van der Waals surface area contributed by atoms with Gasteiger partial charge in [0.15, 0.2) is 0 Å². The van der Waals surface area contributed by atoms with Crippen LogP contribution in [0.3, 0.4) is 0 Å². The summed E-state index contributed by atoms with van der Waals surface area (Å²) in [5.74, 6) is 5.77. The molecule has 1 unspecified atom stereocenters. The molecule has 0 aliphatic heterocycles. The lowest BCUT2D eigenvalue weighted by molar-refractivity contribution is 0.520. The number of nitrogens with two attached hydrogens (primary N) is 2. The Morgan fingerprint density at radius 1 is 1.40 bits per heavy atom. The van der Waals surface area contributed by atoms with Crippen molar-refractivity contribution in [3.63, 3.8) is 0 Å². The third kappa shape index (κ3) is 3.06. The van der Waals surface area contributed by atoms with E-state index in [0.29, 0.717) is 5.69 Å². The highest BCUT2D eigenvalue weighted by Crippen LogP contribution is 2.32. The molecule has 1 atom stereocenters. The van der Waals surface area contributed by atoms with Crippen molar-refractivity contribution in [2.45, 2.75) is 25.9 Å². The van der Waals surface area contributed by atoms with Crippen molar-refractivity contribution in [1.29, 1.82) is 0 Å². The van der Waals surface area contributed by atoms with Crippen molar-refractivity contribution < 1.29 is 0 Å².